The Labute approximate surface area is 122 Å². The van der Waals surface area contributed by atoms with E-state index in [1.165, 1.54) is 11.2 Å². The lowest BCUT2D eigenvalue weighted by molar-refractivity contribution is 0.861. The first-order valence-electron chi connectivity index (χ1n) is 6.23. The van der Waals surface area contributed by atoms with Crippen LogP contribution in [0.1, 0.15) is 36.8 Å². The van der Waals surface area contributed by atoms with E-state index in [2.05, 4.69) is 29.1 Å². The molecule has 19 heavy (non-hydrogen) atoms. The summed E-state index contributed by atoms with van der Waals surface area (Å²) in [4.78, 5) is 9.52. The van der Waals surface area contributed by atoms with Gasteiger partial charge < -0.3 is 11.1 Å². The Hall–Kier alpha value is -1.33. The lowest BCUT2D eigenvalue weighted by Crippen LogP contribution is -2.11. The number of aromatic nitrogens is 2. The maximum Gasteiger partial charge on any atom is 0.135 e. The molecule has 0 spiro atoms. The SMILES string of the molecule is CCCc1c(N)ncnc1NC(C)c1ccc(Cl)s1. The lowest BCUT2D eigenvalue weighted by atomic mass is 10.1. The van der Waals surface area contributed by atoms with Crippen LogP contribution in [0.4, 0.5) is 11.6 Å². The molecule has 1 atom stereocenters. The van der Waals surface area contributed by atoms with Crippen LogP contribution in [0.3, 0.4) is 0 Å². The maximum atomic E-state index is 5.96. The molecule has 0 aliphatic rings. The molecule has 2 heterocycles. The Balaban J connectivity index is 2.21. The predicted octanol–water partition coefficient (Wildman–Crippen LogP) is 3.90. The summed E-state index contributed by atoms with van der Waals surface area (Å²) >= 11 is 7.53. The molecule has 102 valence electrons. The third kappa shape index (κ3) is 3.36. The lowest BCUT2D eigenvalue weighted by Gasteiger charge is -2.16. The summed E-state index contributed by atoms with van der Waals surface area (Å²) < 4.78 is 0.791. The zero-order valence-electron chi connectivity index (χ0n) is 11.0. The first kappa shape index (κ1) is 14.1. The highest BCUT2D eigenvalue weighted by Crippen LogP contribution is 2.30. The number of nitrogens with one attached hydrogen (secondary N) is 1. The minimum absolute atomic E-state index is 0.141. The minimum Gasteiger partial charge on any atom is -0.383 e. The van der Waals surface area contributed by atoms with Gasteiger partial charge in [0.25, 0.3) is 0 Å². The largest absolute Gasteiger partial charge is 0.383 e. The van der Waals surface area contributed by atoms with Gasteiger partial charge in [0.15, 0.2) is 0 Å². The van der Waals surface area contributed by atoms with E-state index in [-0.39, 0.29) is 6.04 Å². The van der Waals surface area contributed by atoms with E-state index >= 15 is 0 Å². The van der Waals surface area contributed by atoms with Crippen molar-refractivity contribution in [2.45, 2.75) is 32.7 Å². The number of rotatable bonds is 5. The van der Waals surface area contributed by atoms with Gasteiger partial charge in [0.1, 0.15) is 18.0 Å². The summed E-state index contributed by atoms with van der Waals surface area (Å²) in [6.45, 7) is 4.19. The van der Waals surface area contributed by atoms with E-state index in [0.717, 1.165) is 28.6 Å². The summed E-state index contributed by atoms with van der Waals surface area (Å²) in [5.74, 6) is 1.36. The van der Waals surface area contributed by atoms with Gasteiger partial charge in [0, 0.05) is 10.4 Å². The van der Waals surface area contributed by atoms with Gasteiger partial charge in [-0.15, -0.1) is 11.3 Å². The molecular formula is C13H17ClN4S. The van der Waals surface area contributed by atoms with Crippen molar-refractivity contribution >= 4 is 34.6 Å². The Morgan fingerprint density at radius 3 is 2.84 bits per heavy atom. The zero-order chi connectivity index (χ0) is 13.8. The van der Waals surface area contributed by atoms with Gasteiger partial charge in [-0.25, -0.2) is 9.97 Å². The number of nitrogen functional groups attached to an aromatic ring is 1. The quantitative estimate of drug-likeness (QED) is 0.878. The van der Waals surface area contributed by atoms with E-state index in [9.17, 15) is 0 Å². The molecule has 2 aromatic heterocycles. The molecule has 2 rings (SSSR count). The molecule has 0 aliphatic heterocycles. The van der Waals surface area contributed by atoms with Gasteiger partial charge in [-0.1, -0.05) is 24.9 Å². The summed E-state index contributed by atoms with van der Waals surface area (Å²) in [6.07, 6.45) is 3.36. The fourth-order valence-corrected chi connectivity index (χ4v) is 2.95. The molecule has 0 saturated carbocycles. The normalized spacial score (nSPS) is 12.4. The summed E-state index contributed by atoms with van der Waals surface area (Å²) in [6, 6.07) is 4.07. The Morgan fingerprint density at radius 2 is 2.21 bits per heavy atom. The molecule has 6 heteroatoms. The number of anilines is 2. The van der Waals surface area contributed by atoms with Crippen molar-refractivity contribution in [2.75, 3.05) is 11.1 Å². The van der Waals surface area contributed by atoms with E-state index in [1.54, 1.807) is 11.3 Å². The summed E-state index contributed by atoms with van der Waals surface area (Å²) in [5, 5.41) is 3.39. The van der Waals surface area contributed by atoms with Crippen molar-refractivity contribution in [3.8, 4) is 0 Å². The van der Waals surface area contributed by atoms with Crippen molar-refractivity contribution in [1.82, 2.24) is 9.97 Å². The van der Waals surface area contributed by atoms with Crippen LogP contribution in [-0.4, -0.2) is 9.97 Å². The Kier molecular flexibility index (Phi) is 4.61. The second-order valence-electron chi connectivity index (χ2n) is 4.34. The van der Waals surface area contributed by atoms with Crippen molar-refractivity contribution < 1.29 is 0 Å². The molecule has 0 fully saturated rings. The number of hydrogen-bond acceptors (Lipinski definition) is 5. The van der Waals surface area contributed by atoms with Crippen LogP contribution < -0.4 is 11.1 Å². The van der Waals surface area contributed by atoms with Crippen LogP contribution in [0.2, 0.25) is 4.34 Å². The fourth-order valence-electron chi connectivity index (χ4n) is 1.88. The average Bonchev–Trinajstić information content (AvgIpc) is 2.80. The number of nitrogens with zero attached hydrogens (tertiary/aromatic N) is 2. The molecule has 4 nitrogen and oxygen atoms in total. The second kappa shape index (κ2) is 6.21. The first-order valence-corrected chi connectivity index (χ1v) is 7.42. The molecule has 0 amide bonds. The van der Waals surface area contributed by atoms with Crippen molar-refractivity contribution in [3.05, 3.63) is 33.2 Å². The van der Waals surface area contributed by atoms with Gasteiger partial charge in [0.05, 0.1) is 10.4 Å². The summed E-state index contributed by atoms with van der Waals surface area (Å²) in [5.41, 5.74) is 6.90. The average molecular weight is 297 g/mol. The number of thiophene rings is 1. The third-order valence-electron chi connectivity index (χ3n) is 2.85. The third-order valence-corrected chi connectivity index (χ3v) is 4.27. The molecule has 2 aromatic rings. The van der Waals surface area contributed by atoms with Crippen LogP contribution in [-0.2, 0) is 6.42 Å². The molecule has 0 aromatic carbocycles. The molecular weight excluding hydrogens is 280 g/mol. The zero-order valence-corrected chi connectivity index (χ0v) is 12.6. The molecule has 0 radical (unpaired) electrons. The highest BCUT2D eigenvalue weighted by Gasteiger charge is 2.13. The highest BCUT2D eigenvalue weighted by molar-refractivity contribution is 7.16. The van der Waals surface area contributed by atoms with E-state index in [0.29, 0.717) is 5.82 Å². The number of halogens is 1. The predicted molar refractivity (Wildman–Crippen MR) is 81.8 cm³/mol. The van der Waals surface area contributed by atoms with Crippen LogP contribution in [0.15, 0.2) is 18.5 Å². The van der Waals surface area contributed by atoms with Gasteiger partial charge in [-0.05, 0) is 25.5 Å². The number of hydrogen-bond donors (Lipinski definition) is 2. The monoisotopic (exact) mass is 296 g/mol. The van der Waals surface area contributed by atoms with E-state index in [1.807, 2.05) is 12.1 Å². The minimum atomic E-state index is 0.141. The van der Waals surface area contributed by atoms with Crippen molar-refractivity contribution in [2.24, 2.45) is 0 Å². The van der Waals surface area contributed by atoms with Crippen LogP contribution in [0.5, 0.6) is 0 Å². The molecule has 0 saturated heterocycles. The topological polar surface area (TPSA) is 63.8 Å². The van der Waals surface area contributed by atoms with Crippen molar-refractivity contribution in [1.29, 1.82) is 0 Å². The molecule has 0 bridgehead atoms. The standard InChI is InChI=1S/C13H17ClN4S/c1-3-4-9-12(15)16-7-17-13(9)18-8(2)10-5-6-11(14)19-10/h5-8H,3-4H2,1-2H3,(H3,15,16,17,18). The van der Waals surface area contributed by atoms with Gasteiger partial charge in [-0.3, -0.25) is 0 Å². The van der Waals surface area contributed by atoms with E-state index < -0.39 is 0 Å². The van der Waals surface area contributed by atoms with Gasteiger partial charge in [0.2, 0.25) is 0 Å². The molecule has 3 N–H and O–H groups in total. The first-order chi connectivity index (χ1) is 9.11. The fraction of sp³-hybridized carbons (Fsp3) is 0.385. The summed E-state index contributed by atoms with van der Waals surface area (Å²) in [7, 11) is 0. The molecule has 1 unspecified atom stereocenters. The molecule has 0 aliphatic carbocycles. The Bertz CT molecular complexity index is 555. The van der Waals surface area contributed by atoms with E-state index in [4.69, 9.17) is 17.3 Å². The van der Waals surface area contributed by atoms with Crippen LogP contribution in [0, 0.1) is 0 Å². The van der Waals surface area contributed by atoms with Gasteiger partial charge in [-0.2, -0.15) is 0 Å². The smallest absolute Gasteiger partial charge is 0.135 e. The highest BCUT2D eigenvalue weighted by atomic mass is 35.5. The maximum absolute atomic E-state index is 5.96. The van der Waals surface area contributed by atoms with Crippen LogP contribution in [0.25, 0.3) is 0 Å². The van der Waals surface area contributed by atoms with Crippen molar-refractivity contribution in [3.63, 3.8) is 0 Å². The van der Waals surface area contributed by atoms with Gasteiger partial charge >= 0.3 is 0 Å². The second-order valence-corrected chi connectivity index (χ2v) is 6.09. The van der Waals surface area contributed by atoms with Crippen LogP contribution >= 0.6 is 22.9 Å². The Morgan fingerprint density at radius 1 is 1.42 bits per heavy atom. The number of nitrogens with two attached hydrogens (primary N) is 1.